The van der Waals surface area contributed by atoms with E-state index in [0.717, 1.165) is 22.4 Å². The standard InChI is InChI=1S/C15H16N2OS/c1-10-4-3-5-11(2)14(10)18-9-12-6-7-17-13(8-12)15(16)19/h3-8H,9H2,1-2H3,(H2,16,19). The van der Waals surface area contributed by atoms with Gasteiger partial charge in [0.15, 0.2) is 0 Å². The Labute approximate surface area is 118 Å². The Kier molecular flexibility index (Phi) is 4.12. The van der Waals surface area contributed by atoms with Crippen LogP contribution in [0.4, 0.5) is 0 Å². The molecule has 0 aliphatic heterocycles. The Balaban J connectivity index is 2.15. The van der Waals surface area contributed by atoms with E-state index in [0.29, 0.717) is 17.3 Å². The molecule has 0 fully saturated rings. The Morgan fingerprint density at radius 3 is 2.58 bits per heavy atom. The van der Waals surface area contributed by atoms with E-state index in [2.05, 4.69) is 4.98 Å². The van der Waals surface area contributed by atoms with Crippen LogP contribution in [-0.2, 0) is 6.61 Å². The molecule has 3 nitrogen and oxygen atoms in total. The molecule has 0 saturated carbocycles. The molecule has 4 heteroatoms. The number of thiocarbonyl (C=S) groups is 1. The van der Waals surface area contributed by atoms with E-state index in [-0.39, 0.29) is 0 Å². The van der Waals surface area contributed by atoms with Crippen molar-refractivity contribution in [2.24, 2.45) is 5.73 Å². The van der Waals surface area contributed by atoms with Gasteiger partial charge >= 0.3 is 0 Å². The number of aryl methyl sites for hydroxylation is 2. The molecule has 0 aliphatic rings. The van der Waals surface area contributed by atoms with Gasteiger partial charge in [-0.1, -0.05) is 30.4 Å². The van der Waals surface area contributed by atoms with Gasteiger partial charge in [-0.2, -0.15) is 0 Å². The van der Waals surface area contributed by atoms with Gasteiger partial charge in [-0.3, -0.25) is 4.98 Å². The maximum atomic E-state index is 5.88. The third kappa shape index (κ3) is 3.29. The molecule has 0 amide bonds. The lowest BCUT2D eigenvalue weighted by Gasteiger charge is -2.12. The predicted octanol–water partition coefficient (Wildman–Crippen LogP) is 2.91. The fourth-order valence-corrected chi connectivity index (χ4v) is 1.99. The maximum Gasteiger partial charge on any atom is 0.125 e. The Hall–Kier alpha value is -1.94. The minimum Gasteiger partial charge on any atom is -0.488 e. The van der Waals surface area contributed by atoms with E-state index in [4.69, 9.17) is 22.7 Å². The highest BCUT2D eigenvalue weighted by Crippen LogP contribution is 2.23. The number of benzene rings is 1. The fraction of sp³-hybridized carbons (Fsp3) is 0.200. The second-order valence-corrected chi connectivity index (χ2v) is 4.86. The average molecular weight is 272 g/mol. The molecule has 2 rings (SSSR count). The van der Waals surface area contributed by atoms with Crippen LogP contribution in [0.15, 0.2) is 36.5 Å². The Bertz CT molecular complexity index is 591. The van der Waals surface area contributed by atoms with Gasteiger partial charge in [0, 0.05) is 6.20 Å². The normalized spacial score (nSPS) is 10.2. The SMILES string of the molecule is Cc1cccc(C)c1OCc1ccnc(C(N)=S)c1. The summed E-state index contributed by atoms with van der Waals surface area (Å²) in [6, 6.07) is 9.85. The molecule has 98 valence electrons. The summed E-state index contributed by atoms with van der Waals surface area (Å²) in [6.45, 7) is 4.55. The van der Waals surface area contributed by atoms with Gasteiger partial charge in [-0.15, -0.1) is 0 Å². The number of hydrogen-bond donors (Lipinski definition) is 1. The zero-order valence-corrected chi connectivity index (χ0v) is 11.8. The quantitative estimate of drug-likeness (QED) is 0.869. The molecule has 19 heavy (non-hydrogen) atoms. The van der Waals surface area contributed by atoms with Crippen LogP contribution in [0.3, 0.4) is 0 Å². The number of ether oxygens (including phenoxy) is 1. The van der Waals surface area contributed by atoms with E-state index in [1.807, 2.05) is 44.2 Å². The summed E-state index contributed by atoms with van der Waals surface area (Å²) in [5.74, 6) is 0.927. The molecule has 0 saturated heterocycles. The first-order valence-corrected chi connectivity index (χ1v) is 6.42. The van der Waals surface area contributed by atoms with Gasteiger partial charge in [0.1, 0.15) is 17.3 Å². The van der Waals surface area contributed by atoms with Crippen LogP contribution < -0.4 is 10.5 Å². The molecule has 1 aromatic heterocycles. The van der Waals surface area contributed by atoms with Gasteiger partial charge in [0.05, 0.1) is 5.69 Å². The summed E-state index contributed by atoms with van der Waals surface area (Å²) in [7, 11) is 0. The van der Waals surface area contributed by atoms with Crippen LogP contribution in [0.1, 0.15) is 22.4 Å². The van der Waals surface area contributed by atoms with Crippen molar-refractivity contribution >= 4 is 17.2 Å². The van der Waals surface area contributed by atoms with Crippen LogP contribution in [0.5, 0.6) is 5.75 Å². The largest absolute Gasteiger partial charge is 0.488 e. The smallest absolute Gasteiger partial charge is 0.125 e. The maximum absolute atomic E-state index is 5.88. The molecule has 0 radical (unpaired) electrons. The van der Waals surface area contributed by atoms with Crippen LogP contribution >= 0.6 is 12.2 Å². The van der Waals surface area contributed by atoms with Crippen LogP contribution in [0, 0.1) is 13.8 Å². The van der Waals surface area contributed by atoms with Crippen molar-refractivity contribution in [3.05, 3.63) is 58.9 Å². The zero-order chi connectivity index (χ0) is 13.8. The molecule has 1 heterocycles. The monoisotopic (exact) mass is 272 g/mol. The topological polar surface area (TPSA) is 48.1 Å². The van der Waals surface area contributed by atoms with E-state index >= 15 is 0 Å². The van der Waals surface area contributed by atoms with Gasteiger partial charge < -0.3 is 10.5 Å². The lowest BCUT2D eigenvalue weighted by Crippen LogP contribution is -2.12. The molecule has 0 spiro atoms. The molecular formula is C15H16N2OS. The molecular weight excluding hydrogens is 256 g/mol. The fourth-order valence-electron chi connectivity index (χ4n) is 1.88. The van der Waals surface area contributed by atoms with Crippen molar-refractivity contribution < 1.29 is 4.74 Å². The lowest BCUT2D eigenvalue weighted by atomic mass is 10.1. The second kappa shape index (κ2) is 5.80. The summed E-state index contributed by atoms with van der Waals surface area (Å²) >= 11 is 4.92. The molecule has 2 N–H and O–H groups in total. The molecule has 0 bridgehead atoms. The van der Waals surface area contributed by atoms with Gasteiger partial charge in [0.2, 0.25) is 0 Å². The Morgan fingerprint density at radius 2 is 1.95 bits per heavy atom. The summed E-state index contributed by atoms with van der Waals surface area (Å²) in [5, 5.41) is 0. The van der Waals surface area contributed by atoms with Crippen molar-refractivity contribution in [2.45, 2.75) is 20.5 Å². The summed E-state index contributed by atoms with van der Waals surface area (Å²) in [4.78, 5) is 4.41. The molecule has 1 aromatic carbocycles. The highest BCUT2D eigenvalue weighted by molar-refractivity contribution is 7.80. The van der Waals surface area contributed by atoms with Crippen molar-refractivity contribution in [1.29, 1.82) is 0 Å². The number of hydrogen-bond acceptors (Lipinski definition) is 3. The van der Waals surface area contributed by atoms with Crippen LogP contribution in [0.2, 0.25) is 0 Å². The van der Waals surface area contributed by atoms with Crippen molar-refractivity contribution in [1.82, 2.24) is 4.98 Å². The van der Waals surface area contributed by atoms with E-state index < -0.39 is 0 Å². The lowest BCUT2D eigenvalue weighted by molar-refractivity contribution is 0.302. The van der Waals surface area contributed by atoms with Gasteiger partial charge in [-0.05, 0) is 42.7 Å². The second-order valence-electron chi connectivity index (χ2n) is 4.42. The number of para-hydroxylation sites is 1. The highest BCUT2D eigenvalue weighted by atomic mass is 32.1. The number of rotatable bonds is 4. The summed E-state index contributed by atoms with van der Waals surface area (Å²) in [5.41, 5.74) is 9.45. The average Bonchev–Trinajstić information content (AvgIpc) is 2.38. The first-order chi connectivity index (χ1) is 9.08. The van der Waals surface area contributed by atoms with Crippen LogP contribution in [-0.4, -0.2) is 9.97 Å². The van der Waals surface area contributed by atoms with Crippen LogP contribution in [0.25, 0.3) is 0 Å². The first-order valence-electron chi connectivity index (χ1n) is 6.01. The van der Waals surface area contributed by atoms with Crippen molar-refractivity contribution in [2.75, 3.05) is 0 Å². The van der Waals surface area contributed by atoms with Crippen molar-refractivity contribution in [3.8, 4) is 5.75 Å². The van der Waals surface area contributed by atoms with E-state index in [1.165, 1.54) is 0 Å². The van der Waals surface area contributed by atoms with Gasteiger partial charge in [0.25, 0.3) is 0 Å². The van der Waals surface area contributed by atoms with Gasteiger partial charge in [-0.25, -0.2) is 0 Å². The summed E-state index contributed by atoms with van der Waals surface area (Å²) in [6.07, 6.45) is 1.69. The highest BCUT2D eigenvalue weighted by Gasteiger charge is 2.05. The minimum absolute atomic E-state index is 0.300. The van der Waals surface area contributed by atoms with E-state index in [1.54, 1.807) is 6.20 Å². The van der Waals surface area contributed by atoms with E-state index in [9.17, 15) is 0 Å². The summed E-state index contributed by atoms with van der Waals surface area (Å²) < 4.78 is 5.88. The minimum atomic E-state index is 0.300. The molecule has 0 unspecified atom stereocenters. The third-order valence-corrected chi connectivity index (χ3v) is 3.08. The Morgan fingerprint density at radius 1 is 1.26 bits per heavy atom. The third-order valence-electron chi connectivity index (χ3n) is 2.87. The molecule has 2 aromatic rings. The number of pyridine rings is 1. The number of aromatic nitrogens is 1. The van der Waals surface area contributed by atoms with Crippen molar-refractivity contribution in [3.63, 3.8) is 0 Å². The zero-order valence-electron chi connectivity index (χ0n) is 11.0. The number of nitrogens with zero attached hydrogens (tertiary/aromatic N) is 1. The predicted molar refractivity (Wildman–Crippen MR) is 80.4 cm³/mol. The molecule has 0 aliphatic carbocycles. The first kappa shape index (κ1) is 13.5. The number of nitrogens with two attached hydrogens (primary N) is 1. The molecule has 0 atom stereocenters.